The molecular formula is C20H23Cl2N3O8S. The first-order valence-corrected chi connectivity index (χ1v) is 11.5. The third-order valence-corrected chi connectivity index (χ3v) is 7.60. The molecule has 2 heterocycles. The second-order valence-electron chi connectivity index (χ2n) is 8.50. The van der Waals surface area contributed by atoms with E-state index in [4.69, 9.17) is 45.0 Å². The van der Waals surface area contributed by atoms with Crippen LogP contribution in [0.1, 0.15) is 18.4 Å². The zero-order chi connectivity index (χ0) is 24.8. The summed E-state index contributed by atoms with van der Waals surface area (Å²) in [7, 11) is 0. The molecule has 1 aromatic carbocycles. The van der Waals surface area contributed by atoms with Crippen LogP contribution in [0.4, 0.5) is 0 Å². The molecule has 0 spiro atoms. The first kappa shape index (κ1) is 25.3. The number of aliphatic carboxylic acids is 1. The Morgan fingerprint density at radius 2 is 1.94 bits per heavy atom. The van der Waals surface area contributed by atoms with Crippen LogP contribution in [0.5, 0.6) is 0 Å². The Balaban J connectivity index is 1.55. The van der Waals surface area contributed by atoms with Crippen molar-refractivity contribution in [3.05, 3.63) is 45.9 Å². The summed E-state index contributed by atoms with van der Waals surface area (Å²) >= 11 is 18.3. The van der Waals surface area contributed by atoms with Gasteiger partial charge in [0, 0.05) is 11.4 Å². The molecule has 1 unspecified atom stereocenters. The number of aliphatic hydroxyl groups is 4. The summed E-state index contributed by atoms with van der Waals surface area (Å²) in [6.07, 6.45) is -6.54. The largest absolute Gasteiger partial charge is 0.479 e. The van der Waals surface area contributed by atoms with Gasteiger partial charge in [-0.2, -0.15) is 5.10 Å². The average Bonchev–Trinajstić information content (AvgIpc) is 3.47. The Morgan fingerprint density at radius 1 is 1.26 bits per heavy atom. The minimum atomic E-state index is -1.86. The molecule has 186 valence electrons. The lowest BCUT2D eigenvalue weighted by molar-refractivity contribution is -0.294. The van der Waals surface area contributed by atoms with Crippen LogP contribution in [-0.4, -0.2) is 87.2 Å². The molecule has 2 aliphatic rings. The van der Waals surface area contributed by atoms with E-state index >= 15 is 0 Å². The summed E-state index contributed by atoms with van der Waals surface area (Å²) in [6, 6.07) is 7.08. The van der Waals surface area contributed by atoms with E-state index in [0.29, 0.717) is 23.4 Å². The Kier molecular flexibility index (Phi) is 6.97. The number of benzene rings is 1. The maximum atomic E-state index is 11.6. The molecule has 0 radical (unpaired) electrons. The fraction of sp³-hybridized carbons (Fsp3) is 0.550. The number of ether oxygens (including phenoxy) is 1. The third-order valence-electron chi connectivity index (χ3n) is 6.11. The van der Waals surface area contributed by atoms with Crippen LogP contribution in [0.25, 0.3) is 0 Å². The quantitative estimate of drug-likeness (QED) is 0.232. The molecule has 4 rings (SSSR count). The molecule has 0 bridgehead atoms. The lowest BCUT2D eigenvalue weighted by Gasteiger charge is -2.37. The van der Waals surface area contributed by atoms with E-state index < -0.39 is 47.2 Å². The van der Waals surface area contributed by atoms with Crippen molar-refractivity contribution in [2.75, 3.05) is 0 Å². The molecule has 2 fully saturated rings. The molecule has 1 saturated heterocycles. The number of carboxylic acid groups (broad SMARTS) is 1. The van der Waals surface area contributed by atoms with Gasteiger partial charge in [-0.15, -0.1) is 16.3 Å². The minimum absolute atomic E-state index is 0.0539. The standard InChI is InChI=1S/C20H23Cl2N3O8S/c21-11-4-2-1-3-10(11)7-20(31,19(22)5-6-19)8-24-18(34)25(9-23-24)33-17-14(28)12(26)13(27)15(32-17)16(29)30/h1-4,9,12-15,17,26-28,31H,5-8H2,(H,29,30)/t12-,13-,14+,15-,17-,20?/m0/s1. The fourth-order valence-electron chi connectivity index (χ4n) is 3.89. The molecule has 6 atom stereocenters. The molecule has 11 nitrogen and oxygen atoms in total. The zero-order valence-electron chi connectivity index (χ0n) is 17.6. The topological polar surface area (TPSA) is 159 Å². The van der Waals surface area contributed by atoms with Crippen molar-refractivity contribution >= 4 is 41.4 Å². The molecule has 1 aliphatic heterocycles. The monoisotopic (exact) mass is 535 g/mol. The number of nitrogens with zero attached hydrogens (tertiary/aromatic N) is 3. The molecule has 5 N–H and O–H groups in total. The van der Waals surface area contributed by atoms with Crippen molar-refractivity contribution in [2.24, 2.45) is 0 Å². The van der Waals surface area contributed by atoms with E-state index in [1.165, 1.54) is 4.68 Å². The van der Waals surface area contributed by atoms with Gasteiger partial charge in [0.05, 0.1) is 11.4 Å². The Labute approximate surface area is 208 Å². The Hall–Kier alpha value is -1.77. The second kappa shape index (κ2) is 9.36. The summed E-state index contributed by atoms with van der Waals surface area (Å²) in [4.78, 5) is 15.8. The van der Waals surface area contributed by atoms with Crippen LogP contribution in [0.15, 0.2) is 30.6 Å². The normalized spacial score (nSPS) is 29.9. The maximum Gasteiger partial charge on any atom is 0.335 e. The lowest BCUT2D eigenvalue weighted by atomic mass is 9.89. The second-order valence-corrected chi connectivity index (χ2v) is 10.00. The smallest absolute Gasteiger partial charge is 0.335 e. The number of alkyl halides is 1. The van der Waals surface area contributed by atoms with Gasteiger partial charge >= 0.3 is 5.97 Å². The van der Waals surface area contributed by atoms with Crippen LogP contribution >= 0.6 is 35.4 Å². The number of hydrogen-bond donors (Lipinski definition) is 5. The summed E-state index contributed by atoms with van der Waals surface area (Å²) in [6.45, 7) is -0.107. The summed E-state index contributed by atoms with van der Waals surface area (Å²) in [5.74, 6) is -1.55. The summed E-state index contributed by atoms with van der Waals surface area (Å²) in [5.41, 5.74) is -0.765. The van der Waals surface area contributed by atoms with E-state index in [0.717, 1.165) is 11.1 Å². The number of rotatable bonds is 8. The number of aliphatic hydroxyl groups excluding tert-OH is 3. The number of aromatic nitrogens is 3. The van der Waals surface area contributed by atoms with Crippen LogP contribution in [0, 0.1) is 4.77 Å². The van der Waals surface area contributed by atoms with Gasteiger partial charge in [0.1, 0.15) is 23.9 Å². The first-order chi connectivity index (χ1) is 16.0. The van der Waals surface area contributed by atoms with Gasteiger partial charge in [0.15, 0.2) is 12.4 Å². The van der Waals surface area contributed by atoms with Crippen LogP contribution in [-0.2, 0) is 22.5 Å². The van der Waals surface area contributed by atoms with Gasteiger partial charge in [-0.3, -0.25) is 0 Å². The van der Waals surface area contributed by atoms with E-state index in [9.17, 15) is 30.3 Å². The first-order valence-electron chi connectivity index (χ1n) is 10.3. The van der Waals surface area contributed by atoms with Gasteiger partial charge in [-0.05, 0) is 36.7 Å². The highest BCUT2D eigenvalue weighted by molar-refractivity contribution is 7.71. The molecule has 1 saturated carbocycles. The van der Waals surface area contributed by atoms with E-state index in [1.54, 1.807) is 24.3 Å². The minimum Gasteiger partial charge on any atom is -0.479 e. The fourth-order valence-corrected chi connectivity index (χ4v) is 4.51. The summed E-state index contributed by atoms with van der Waals surface area (Å²) in [5, 5.41) is 55.3. The van der Waals surface area contributed by atoms with Crippen molar-refractivity contribution in [2.45, 2.75) is 67.0 Å². The number of carbonyl (C=O) groups is 1. The van der Waals surface area contributed by atoms with Crippen LogP contribution < -0.4 is 4.84 Å². The average molecular weight is 536 g/mol. The number of carboxylic acids is 1. The maximum absolute atomic E-state index is 11.6. The molecule has 2 aromatic rings. The van der Waals surface area contributed by atoms with Crippen molar-refractivity contribution < 1.29 is 39.9 Å². The predicted molar refractivity (Wildman–Crippen MR) is 120 cm³/mol. The highest BCUT2D eigenvalue weighted by atomic mass is 35.5. The van der Waals surface area contributed by atoms with Gasteiger partial charge in [-0.1, -0.05) is 29.8 Å². The van der Waals surface area contributed by atoms with Crippen molar-refractivity contribution in [3.8, 4) is 0 Å². The lowest BCUT2D eigenvalue weighted by Crippen LogP contribution is -2.62. The van der Waals surface area contributed by atoms with E-state index in [1.807, 2.05) is 0 Å². The molecule has 34 heavy (non-hydrogen) atoms. The van der Waals surface area contributed by atoms with Crippen molar-refractivity contribution in [3.63, 3.8) is 0 Å². The van der Waals surface area contributed by atoms with Crippen LogP contribution in [0.3, 0.4) is 0 Å². The van der Waals surface area contributed by atoms with Gasteiger partial charge < -0.3 is 35.1 Å². The molecule has 1 aromatic heterocycles. The summed E-state index contributed by atoms with van der Waals surface area (Å²) < 4.78 is 7.24. The van der Waals surface area contributed by atoms with Crippen molar-refractivity contribution in [1.29, 1.82) is 0 Å². The molecule has 1 aliphatic carbocycles. The SMILES string of the molecule is O=C(O)[C@H]1O[C@@H](On2cnn(CC(O)(Cc3ccccc3Cl)C3(Cl)CC3)c2=S)[C@H](O)[C@@H](O)[C@@H]1O. The Bertz CT molecular complexity index is 1130. The zero-order valence-corrected chi connectivity index (χ0v) is 19.9. The van der Waals surface area contributed by atoms with Crippen molar-refractivity contribution in [1.82, 2.24) is 14.5 Å². The highest BCUT2D eigenvalue weighted by Gasteiger charge is 2.58. The Morgan fingerprint density at radius 3 is 2.56 bits per heavy atom. The van der Waals surface area contributed by atoms with E-state index in [-0.39, 0.29) is 17.7 Å². The third kappa shape index (κ3) is 4.69. The van der Waals surface area contributed by atoms with Gasteiger partial charge in [0.2, 0.25) is 4.77 Å². The molecule has 14 heteroatoms. The number of halogens is 2. The van der Waals surface area contributed by atoms with Crippen LogP contribution in [0.2, 0.25) is 5.02 Å². The molecular weight excluding hydrogens is 513 g/mol. The van der Waals surface area contributed by atoms with Gasteiger partial charge in [0.25, 0.3) is 6.29 Å². The predicted octanol–water partition coefficient (Wildman–Crippen LogP) is 0.133. The molecule has 0 amide bonds. The number of hydrogen-bond acceptors (Lipinski definition) is 9. The van der Waals surface area contributed by atoms with E-state index in [2.05, 4.69) is 5.10 Å². The highest BCUT2D eigenvalue weighted by Crippen LogP contribution is 2.53. The van der Waals surface area contributed by atoms with Gasteiger partial charge in [-0.25, -0.2) is 9.48 Å².